The van der Waals surface area contributed by atoms with Crippen molar-refractivity contribution in [2.45, 2.75) is 39.5 Å². The number of hydrogen-bond acceptors (Lipinski definition) is 3. The zero-order valence-corrected chi connectivity index (χ0v) is 11.9. The molecule has 0 radical (unpaired) electrons. The molecule has 104 valence electrons. The Morgan fingerprint density at radius 3 is 2.95 bits per heavy atom. The molecule has 2 N–H and O–H groups in total. The summed E-state index contributed by atoms with van der Waals surface area (Å²) in [4.78, 5) is 12.2. The molecule has 0 saturated carbocycles. The van der Waals surface area contributed by atoms with Crippen LogP contribution in [0.1, 0.15) is 37.8 Å². The highest BCUT2D eigenvalue weighted by Crippen LogP contribution is 2.27. The minimum absolute atomic E-state index is 0.272. The van der Waals surface area contributed by atoms with E-state index < -0.39 is 0 Å². The van der Waals surface area contributed by atoms with E-state index in [4.69, 9.17) is 10.5 Å². The van der Waals surface area contributed by atoms with Crippen molar-refractivity contribution in [1.82, 2.24) is 0 Å². The van der Waals surface area contributed by atoms with Crippen LogP contribution in [0.3, 0.4) is 0 Å². The molecule has 1 aromatic rings. The number of carbonyl (C=O) groups excluding carboxylic acids is 1. The van der Waals surface area contributed by atoms with Crippen molar-refractivity contribution in [2.75, 3.05) is 13.2 Å². The van der Waals surface area contributed by atoms with Gasteiger partial charge in [0.2, 0.25) is 0 Å². The summed E-state index contributed by atoms with van der Waals surface area (Å²) in [5.74, 6) is 1.27. The number of aryl methyl sites for hydroxylation is 1. The minimum Gasteiger partial charge on any atom is -0.493 e. The van der Waals surface area contributed by atoms with E-state index in [1.54, 1.807) is 0 Å². The first kappa shape index (κ1) is 14.1. The monoisotopic (exact) mass is 261 g/mol. The molecular weight excluding hydrogens is 238 g/mol. The Bertz CT molecular complexity index is 464. The highest BCUT2D eigenvalue weighted by molar-refractivity contribution is 5.84. The van der Waals surface area contributed by atoms with Gasteiger partial charge in [-0.1, -0.05) is 26.0 Å². The van der Waals surface area contributed by atoms with Crippen LogP contribution >= 0.6 is 0 Å². The molecule has 0 bridgehead atoms. The maximum Gasteiger partial charge on any atom is 0.140 e. The molecule has 1 aliphatic rings. The van der Waals surface area contributed by atoms with E-state index in [1.807, 2.05) is 19.9 Å². The number of ether oxygens (including phenoxy) is 1. The lowest BCUT2D eigenvalue weighted by Gasteiger charge is -2.24. The molecule has 19 heavy (non-hydrogen) atoms. The molecule has 0 aliphatic carbocycles. The van der Waals surface area contributed by atoms with Crippen LogP contribution in [0.5, 0.6) is 5.75 Å². The molecule has 0 aromatic heterocycles. The summed E-state index contributed by atoms with van der Waals surface area (Å²) in [6, 6.07) is 6.24. The third-order valence-electron chi connectivity index (χ3n) is 4.30. The van der Waals surface area contributed by atoms with Gasteiger partial charge < -0.3 is 10.5 Å². The molecule has 2 rings (SSSR count). The summed E-state index contributed by atoms with van der Waals surface area (Å²) in [5, 5.41) is 0. The average Bonchev–Trinajstić information content (AvgIpc) is 2.91. The van der Waals surface area contributed by atoms with Gasteiger partial charge in [-0.05, 0) is 30.0 Å². The van der Waals surface area contributed by atoms with E-state index in [0.29, 0.717) is 13.0 Å². The topological polar surface area (TPSA) is 52.3 Å². The summed E-state index contributed by atoms with van der Waals surface area (Å²) in [6.45, 7) is 5.20. The van der Waals surface area contributed by atoms with Gasteiger partial charge >= 0.3 is 0 Å². The van der Waals surface area contributed by atoms with Crippen molar-refractivity contribution in [3.05, 3.63) is 29.3 Å². The first-order valence-corrected chi connectivity index (χ1v) is 7.07. The first-order valence-electron chi connectivity index (χ1n) is 7.07. The Hall–Kier alpha value is -1.35. The summed E-state index contributed by atoms with van der Waals surface area (Å²) >= 11 is 0. The fourth-order valence-corrected chi connectivity index (χ4v) is 2.41. The van der Waals surface area contributed by atoms with Gasteiger partial charge in [-0.2, -0.15) is 0 Å². The van der Waals surface area contributed by atoms with Gasteiger partial charge in [0.15, 0.2) is 0 Å². The Balaban J connectivity index is 1.97. The van der Waals surface area contributed by atoms with E-state index >= 15 is 0 Å². The van der Waals surface area contributed by atoms with E-state index in [9.17, 15) is 4.79 Å². The van der Waals surface area contributed by atoms with E-state index in [0.717, 1.165) is 31.6 Å². The van der Waals surface area contributed by atoms with Gasteiger partial charge in [0.25, 0.3) is 0 Å². The summed E-state index contributed by atoms with van der Waals surface area (Å²) in [5.41, 5.74) is 7.84. The quantitative estimate of drug-likeness (QED) is 0.856. The Morgan fingerprint density at radius 1 is 1.47 bits per heavy atom. The summed E-state index contributed by atoms with van der Waals surface area (Å²) in [6.07, 6.45) is 3.15. The number of Topliss-reactive ketones (excluding diaryl/α,β-unsaturated/α-hetero) is 1. The Kier molecular flexibility index (Phi) is 4.25. The lowest BCUT2D eigenvalue weighted by Crippen LogP contribution is -2.35. The molecule has 1 aromatic carbocycles. The maximum absolute atomic E-state index is 12.2. The number of carbonyl (C=O) groups is 1. The van der Waals surface area contributed by atoms with E-state index in [2.05, 4.69) is 12.1 Å². The average molecular weight is 261 g/mol. The summed E-state index contributed by atoms with van der Waals surface area (Å²) in [7, 11) is 0. The highest BCUT2D eigenvalue weighted by Gasteiger charge is 2.28. The molecule has 1 aliphatic heterocycles. The van der Waals surface area contributed by atoms with Crippen LogP contribution in [0.15, 0.2) is 18.2 Å². The summed E-state index contributed by atoms with van der Waals surface area (Å²) < 4.78 is 5.48. The number of rotatable bonds is 6. The first-order chi connectivity index (χ1) is 9.09. The molecule has 0 fully saturated rings. The molecule has 1 unspecified atom stereocenters. The van der Waals surface area contributed by atoms with Crippen LogP contribution in [-0.4, -0.2) is 18.9 Å². The third-order valence-corrected chi connectivity index (χ3v) is 4.30. The van der Waals surface area contributed by atoms with Crippen molar-refractivity contribution >= 4 is 5.78 Å². The van der Waals surface area contributed by atoms with Crippen LogP contribution in [0.25, 0.3) is 0 Å². The normalized spacial score (nSPS) is 16.6. The minimum atomic E-state index is -0.361. The number of ketones is 1. The zero-order valence-electron chi connectivity index (χ0n) is 11.9. The second-order valence-corrected chi connectivity index (χ2v) is 5.58. The van der Waals surface area contributed by atoms with Crippen molar-refractivity contribution in [3.8, 4) is 5.75 Å². The Labute approximate surface area is 115 Å². The van der Waals surface area contributed by atoms with Gasteiger partial charge in [-0.25, -0.2) is 0 Å². The molecule has 0 amide bonds. The van der Waals surface area contributed by atoms with Crippen LogP contribution in [0.4, 0.5) is 0 Å². The SMILES string of the molecule is CCC(C)(CN)C(=O)CCc1ccc2c(c1)CCO2. The number of nitrogens with two attached hydrogens (primary N) is 1. The molecule has 1 heterocycles. The maximum atomic E-state index is 12.2. The number of fused-ring (bicyclic) bond motifs is 1. The Morgan fingerprint density at radius 2 is 2.26 bits per heavy atom. The van der Waals surface area contributed by atoms with Gasteiger partial charge in [-0.15, -0.1) is 0 Å². The van der Waals surface area contributed by atoms with E-state index in [-0.39, 0.29) is 11.2 Å². The highest BCUT2D eigenvalue weighted by atomic mass is 16.5. The number of benzene rings is 1. The van der Waals surface area contributed by atoms with Gasteiger partial charge in [0, 0.05) is 24.8 Å². The van der Waals surface area contributed by atoms with E-state index in [1.165, 1.54) is 11.1 Å². The largest absolute Gasteiger partial charge is 0.493 e. The lowest BCUT2D eigenvalue weighted by atomic mass is 9.80. The standard InChI is InChI=1S/C16H23NO2/c1-3-16(2,11-17)15(18)7-5-12-4-6-14-13(10-12)8-9-19-14/h4,6,10H,3,5,7-9,11,17H2,1-2H3. The van der Waals surface area contributed by atoms with Crippen LogP contribution < -0.4 is 10.5 Å². The lowest BCUT2D eigenvalue weighted by molar-refractivity contribution is -0.127. The van der Waals surface area contributed by atoms with Gasteiger partial charge in [0.05, 0.1) is 6.61 Å². The molecule has 3 heteroatoms. The molecule has 3 nitrogen and oxygen atoms in total. The van der Waals surface area contributed by atoms with Crippen LogP contribution in [0, 0.1) is 5.41 Å². The second-order valence-electron chi connectivity index (χ2n) is 5.58. The second kappa shape index (κ2) is 5.74. The molecule has 0 saturated heterocycles. The van der Waals surface area contributed by atoms with Crippen molar-refractivity contribution in [3.63, 3.8) is 0 Å². The molecular formula is C16H23NO2. The van der Waals surface area contributed by atoms with Crippen molar-refractivity contribution in [1.29, 1.82) is 0 Å². The van der Waals surface area contributed by atoms with Gasteiger partial charge in [0.1, 0.15) is 11.5 Å². The predicted octanol–water partition coefficient (Wildman–Crippen LogP) is 2.50. The zero-order chi connectivity index (χ0) is 13.9. The fourth-order valence-electron chi connectivity index (χ4n) is 2.41. The fraction of sp³-hybridized carbons (Fsp3) is 0.562. The smallest absolute Gasteiger partial charge is 0.140 e. The van der Waals surface area contributed by atoms with Gasteiger partial charge in [-0.3, -0.25) is 4.79 Å². The predicted molar refractivity (Wildman–Crippen MR) is 76.4 cm³/mol. The van der Waals surface area contributed by atoms with Crippen molar-refractivity contribution < 1.29 is 9.53 Å². The van der Waals surface area contributed by atoms with Crippen molar-refractivity contribution in [2.24, 2.45) is 11.1 Å². The molecule has 0 spiro atoms. The number of hydrogen-bond donors (Lipinski definition) is 1. The third kappa shape index (κ3) is 2.98. The van der Waals surface area contributed by atoms with Crippen LogP contribution in [-0.2, 0) is 17.6 Å². The molecule has 1 atom stereocenters. The van der Waals surface area contributed by atoms with Crippen LogP contribution in [0.2, 0.25) is 0 Å².